The molecule has 106 valence electrons. The molecular weight excluding hydrogens is 278 g/mol. The first-order valence-electron chi connectivity index (χ1n) is 6.90. The average Bonchev–Trinajstić information content (AvgIpc) is 2.97. The van der Waals surface area contributed by atoms with Crippen molar-refractivity contribution in [2.24, 2.45) is 5.73 Å². The summed E-state index contributed by atoms with van der Waals surface area (Å²) in [5.74, 6) is 0. The van der Waals surface area contributed by atoms with Crippen molar-refractivity contribution in [3.05, 3.63) is 70.3 Å². The van der Waals surface area contributed by atoms with Crippen molar-refractivity contribution in [1.82, 2.24) is 9.97 Å². The molecule has 0 aliphatic carbocycles. The van der Waals surface area contributed by atoms with Crippen LogP contribution >= 0.6 is 11.3 Å². The van der Waals surface area contributed by atoms with Crippen LogP contribution in [-0.4, -0.2) is 9.97 Å². The monoisotopic (exact) mass is 295 g/mol. The van der Waals surface area contributed by atoms with Crippen molar-refractivity contribution in [1.29, 1.82) is 0 Å². The fourth-order valence-corrected chi connectivity index (χ4v) is 3.21. The van der Waals surface area contributed by atoms with E-state index >= 15 is 0 Å². The third-order valence-electron chi connectivity index (χ3n) is 3.48. The van der Waals surface area contributed by atoms with E-state index in [-0.39, 0.29) is 6.04 Å². The highest BCUT2D eigenvalue weighted by Crippen LogP contribution is 2.25. The number of benzene rings is 1. The van der Waals surface area contributed by atoms with Gasteiger partial charge in [-0.3, -0.25) is 4.98 Å². The summed E-state index contributed by atoms with van der Waals surface area (Å²) in [4.78, 5) is 8.81. The van der Waals surface area contributed by atoms with Gasteiger partial charge >= 0.3 is 0 Å². The molecule has 0 bridgehead atoms. The van der Waals surface area contributed by atoms with Crippen LogP contribution in [0, 0.1) is 6.92 Å². The van der Waals surface area contributed by atoms with E-state index in [2.05, 4.69) is 22.5 Å². The Labute approximate surface area is 128 Å². The van der Waals surface area contributed by atoms with Gasteiger partial charge in [0.05, 0.1) is 10.7 Å². The number of nitrogens with zero attached hydrogens (tertiary/aromatic N) is 2. The van der Waals surface area contributed by atoms with Gasteiger partial charge in [0.25, 0.3) is 0 Å². The smallest absolute Gasteiger partial charge is 0.0951 e. The van der Waals surface area contributed by atoms with Gasteiger partial charge in [-0.2, -0.15) is 0 Å². The summed E-state index contributed by atoms with van der Waals surface area (Å²) in [6, 6.07) is 12.2. The van der Waals surface area contributed by atoms with Crippen LogP contribution in [0.5, 0.6) is 0 Å². The molecule has 0 fully saturated rings. The number of rotatable bonds is 4. The number of pyridine rings is 1. The molecule has 21 heavy (non-hydrogen) atoms. The van der Waals surface area contributed by atoms with Crippen LogP contribution in [0.15, 0.2) is 54.2 Å². The fourth-order valence-electron chi connectivity index (χ4n) is 2.34. The van der Waals surface area contributed by atoms with Crippen LogP contribution in [0.1, 0.15) is 22.2 Å². The summed E-state index contributed by atoms with van der Waals surface area (Å²) in [5.41, 5.74) is 10.8. The van der Waals surface area contributed by atoms with Gasteiger partial charge in [0.1, 0.15) is 0 Å². The molecule has 3 aromatic rings. The summed E-state index contributed by atoms with van der Waals surface area (Å²) >= 11 is 1.67. The van der Waals surface area contributed by atoms with E-state index in [1.807, 2.05) is 37.4 Å². The minimum Gasteiger partial charge on any atom is -0.324 e. The van der Waals surface area contributed by atoms with Crippen molar-refractivity contribution in [3.63, 3.8) is 0 Å². The molecule has 0 saturated heterocycles. The maximum absolute atomic E-state index is 6.31. The second-order valence-electron chi connectivity index (χ2n) is 5.04. The third-order valence-corrected chi connectivity index (χ3v) is 4.35. The van der Waals surface area contributed by atoms with Gasteiger partial charge in [-0.05, 0) is 24.1 Å². The number of hydrogen-bond donors (Lipinski definition) is 1. The van der Waals surface area contributed by atoms with Crippen LogP contribution in [0.4, 0.5) is 0 Å². The molecule has 0 aliphatic rings. The maximum Gasteiger partial charge on any atom is 0.0951 e. The highest BCUT2D eigenvalue weighted by molar-refractivity contribution is 7.09. The Hall–Kier alpha value is -2.04. The Morgan fingerprint density at radius 2 is 2.00 bits per heavy atom. The Kier molecular flexibility index (Phi) is 4.08. The lowest BCUT2D eigenvalue weighted by atomic mass is 10.0. The van der Waals surface area contributed by atoms with Gasteiger partial charge in [-0.25, -0.2) is 4.98 Å². The molecule has 0 spiro atoms. The second kappa shape index (κ2) is 6.16. The molecule has 2 heterocycles. The van der Waals surface area contributed by atoms with Crippen LogP contribution in [0.25, 0.3) is 11.3 Å². The summed E-state index contributed by atoms with van der Waals surface area (Å²) in [6.07, 6.45) is 4.40. The van der Waals surface area contributed by atoms with E-state index in [1.165, 1.54) is 0 Å². The molecule has 3 rings (SSSR count). The van der Waals surface area contributed by atoms with Crippen LogP contribution < -0.4 is 5.73 Å². The summed E-state index contributed by atoms with van der Waals surface area (Å²) in [5, 5.41) is 3.16. The molecule has 2 N–H and O–H groups in total. The zero-order valence-electron chi connectivity index (χ0n) is 11.9. The SMILES string of the molecule is Cc1cnccc1C(N)Cc1nc(-c2ccccc2)cs1. The van der Waals surface area contributed by atoms with E-state index in [0.717, 1.165) is 33.8 Å². The summed E-state index contributed by atoms with van der Waals surface area (Å²) < 4.78 is 0. The van der Waals surface area contributed by atoms with Crippen molar-refractivity contribution in [2.45, 2.75) is 19.4 Å². The largest absolute Gasteiger partial charge is 0.324 e. The molecule has 1 unspecified atom stereocenters. The van der Waals surface area contributed by atoms with Gasteiger partial charge in [0, 0.05) is 35.8 Å². The first kappa shape index (κ1) is 13.9. The highest BCUT2D eigenvalue weighted by atomic mass is 32.1. The standard InChI is InChI=1S/C17H17N3S/c1-12-10-19-8-7-14(12)15(18)9-17-20-16(11-21-17)13-5-3-2-4-6-13/h2-8,10-11,15H,9,18H2,1H3. The van der Waals surface area contributed by atoms with E-state index < -0.39 is 0 Å². The summed E-state index contributed by atoms with van der Waals surface area (Å²) in [7, 11) is 0. The lowest BCUT2D eigenvalue weighted by Crippen LogP contribution is -2.14. The molecule has 0 amide bonds. The zero-order chi connectivity index (χ0) is 14.7. The normalized spacial score (nSPS) is 12.3. The number of thiazole rings is 1. The topological polar surface area (TPSA) is 51.8 Å². The Bertz CT molecular complexity index is 722. The molecule has 1 atom stereocenters. The van der Waals surface area contributed by atoms with Crippen LogP contribution in [0.3, 0.4) is 0 Å². The molecule has 1 aromatic carbocycles. The van der Waals surface area contributed by atoms with E-state index in [9.17, 15) is 0 Å². The molecular formula is C17H17N3S. The van der Waals surface area contributed by atoms with E-state index in [4.69, 9.17) is 10.7 Å². The minimum absolute atomic E-state index is 0.0391. The molecule has 4 heteroatoms. The predicted molar refractivity (Wildman–Crippen MR) is 87.2 cm³/mol. The fraction of sp³-hybridized carbons (Fsp3) is 0.176. The quantitative estimate of drug-likeness (QED) is 0.797. The van der Waals surface area contributed by atoms with Gasteiger partial charge in [-0.1, -0.05) is 30.3 Å². The zero-order valence-corrected chi connectivity index (χ0v) is 12.7. The molecule has 2 aromatic heterocycles. The van der Waals surface area contributed by atoms with Gasteiger partial charge in [0.2, 0.25) is 0 Å². The van der Waals surface area contributed by atoms with Crippen molar-refractivity contribution in [2.75, 3.05) is 0 Å². The van der Waals surface area contributed by atoms with Gasteiger partial charge in [0.15, 0.2) is 0 Å². The molecule has 0 aliphatic heterocycles. The number of hydrogen-bond acceptors (Lipinski definition) is 4. The predicted octanol–water partition coefficient (Wildman–Crippen LogP) is 3.76. The first-order valence-corrected chi connectivity index (χ1v) is 7.78. The third kappa shape index (κ3) is 3.17. The molecule has 0 radical (unpaired) electrons. The summed E-state index contributed by atoms with van der Waals surface area (Å²) in [6.45, 7) is 2.04. The number of nitrogens with two attached hydrogens (primary N) is 1. The highest BCUT2D eigenvalue weighted by Gasteiger charge is 2.12. The van der Waals surface area contributed by atoms with Crippen LogP contribution in [-0.2, 0) is 6.42 Å². The van der Waals surface area contributed by atoms with E-state index in [1.54, 1.807) is 17.5 Å². The van der Waals surface area contributed by atoms with Gasteiger partial charge < -0.3 is 5.73 Å². The molecule has 0 saturated carbocycles. The maximum atomic E-state index is 6.31. The Morgan fingerprint density at radius 3 is 2.76 bits per heavy atom. The first-order chi connectivity index (χ1) is 10.2. The lowest BCUT2D eigenvalue weighted by Gasteiger charge is -2.12. The number of aromatic nitrogens is 2. The average molecular weight is 295 g/mol. The van der Waals surface area contributed by atoms with Crippen molar-refractivity contribution >= 4 is 11.3 Å². The van der Waals surface area contributed by atoms with E-state index in [0.29, 0.717) is 0 Å². The molecule has 3 nitrogen and oxygen atoms in total. The van der Waals surface area contributed by atoms with Crippen molar-refractivity contribution < 1.29 is 0 Å². The Morgan fingerprint density at radius 1 is 1.19 bits per heavy atom. The van der Waals surface area contributed by atoms with Crippen LogP contribution in [0.2, 0.25) is 0 Å². The van der Waals surface area contributed by atoms with Gasteiger partial charge in [-0.15, -0.1) is 11.3 Å². The minimum atomic E-state index is -0.0391. The van der Waals surface area contributed by atoms with Crippen molar-refractivity contribution in [3.8, 4) is 11.3 Å². The lowest BCUT2D eigenvalue weighted by molar-refractivity contribution is 0.711. The Balaban J connectivity index is 1.77. The second-order valence-corrected chi connectivity index (χ2v) is 5.98. The number of aryl methyl sites for hydroxylation is 1.